The summed E-state index contributed by atoms with van der Waals surface area (Å²) in [5, 5.41) is 0. The van der Waals surface area contributed by atoms with E-state index in [2.05, 4.69) is 4.99 Å². The Balaban J connectivity index is 2.45. The monoisotopic (exact) mass is 294 g/mol. The second kappa shape index (κ2) is 7.88. The summed E-state index contributed by atoms with van der Waals surface area (Å²) in [5.41, 5.74) is 7.94. The fourth-order valence-corrected chi connectivity index (χ4v) is 2.16. The third-order valence-electron chi connectivity index (χ3n) is 3.27. The highest BCUT2D eigenvalue weighted by atomic mass is 16.1. The molecule has 0 bridgehead atoms. The van der Waals surface area contributed by atoms with Gasteiger partial charge in [0.2, 0.25) is 5.91 Å². The normalized spacial score (nSPS) is 11.5. The number of carbonyl (C=O) groups excluding carboxylic acids is 2. The lowest BCUT2D eigenvalue weighted by Crippen LogP contribution is -2.28. The van der Waals surface area contributed by atoms with Crippen LogP contribution in [0.4, 0.5) is 0 Å². The molecule has 0 aliphatic rings. The minimum absolute atomic E-state index is 0.258. The van der Waals surface area contributed by atoms with Gasteiger partial charge in [0.25, 0.3) is 0 Å². The summed E-state index contributed by atoms with van der Waals surface area (Å²) in [7, 11) is 0. The van der Waals surface area contributed by atoms with E-state index in [1.165, 1.54) is 0 Å². The largest absolute Gasteiger partial charge is 0.368 e. The van der Waals surface area contributed by atoms with Gasteiger partial charge in [-0.25, -0.2) is 0 Å². The number of rotatable bonds is 7. The first-order valence-electron chi connectivity index (χ1n) is 7.14. The van der Waals surface area contributed by atoms with Gasteiger partial charge in [0.05, 0.1) is 5.71 Å². The van der Waals surface area contributed by atoms with Gasteiger partial charge in [-0.2, -0.15) is 0 Å². The van der Waals surface area contributed by atoms with Gasteiger partial charge in [-0.1, -0.05) is 60.7 Å². The van der Waals surface area contributed by atoms with E-state index < -0.39 is 11.9 Å². The number of hydrogen-bond acceptors (Lipinski definition) is 3. The first-order valence-corrected chi connectivity index (χ1v) is 7.14. The molecule has 0 saturated carbocycles. The van der Waals surface area contributed by atoms with Gasteiger partial charge in [-0.05, 0) is 6.42 Å². The minimum Gasteiger partial charge on any atom is -0.368 e. The highest BCUT2D eigenvalue weighted by Gasteiger charge is 2.16. The Kier molecular flexibility index (Phi) is 5.60. The van der Waals surface area contributed by atoms with Crippen LogP contribution in [0.5, 0.6) is 0 Å². The van der Waals surface area contributed by atoms with Gasteiger partial charge < -0.3 is 10.5 Å². The van der Waals surface area contributed by atoms with E-state index in [0.29, 0.717) is 12.1 Å². The Hall–Kier alpha value is -2.75. The zero-order valence-electron chi connectivity index (χ0n) is 12.2. The van der Waals surface area contributed by atoms with Crippen molar-refractivity contribution in [1.82, 2.24) is 0 Å². The number of hydrogen-bond donors (Lipinski definition) is 1. The van der Waals surface area contributed by atoms with E-state index in [4.69, 9.17) is 5.73 Å². The molecule has 2 aromatic carbocycles. The van der Waals surface area contributed by atoms with Crippen LogP contribution in [0.15, 0.2) is 65.7 Å². The molecule has 0 aliphatic carbocycles. The minimum atomic E-state index is -0.708. The van der Waals surface area contributed by atoms with E-state index in [1.807, 2.05) is 60.7 Å². The molecule has 0 saturated heterocycles. The number of benzene rings is 2. The summed E-state index contributed by atoms with van der Waals surface area (Å²) in [4.78, 5) is 26.7. The molecule has 4 heteroatoms. The first kappa shape index (κ1) is 15.6. The average molecular weight is 294 g/mol. The van der Waals surface area contributed by atoms with Crippen LogP contribution in [0.2, 0.25) is 0 Å². The van der Waals surface area contributed by atoms with Crippen molar-refractivity contribution in [2.75, 3.05) is 0 Å². The number of primary amides is 1. The quantitative estimate of drug-likeness (QED) is 0.629. The van der Waals surface area contributed by atoms with Crippen LogP contribution < -0.4 is 5.73 Å². The van der Waals surface area contributed by atoms with Gasteiger partial charge >= 0.3 is 0 Å². The lowest BCUT2D eigenvalue weighted by molar-refractivity contribution is -0.119. The molecule has 0 heterocycles. The van der Waals surface area contributed by atoms with Gasteiger partial charge in [0.15, 0.2) is 0 Å². The molecule has 0 radical (unpaired) electrons. The third kappa shape index (κ3) is 4.12. The zero-order chi connectivity index (χ0) is 15.8. The number of nitrogens with zero attached hydrogens (tertiary/aromatic N) is 1. The molecule has 2 rings (SSSR count). The molecular weight excluding hydrogens is 276 g/mol. The van der Waals surface area contributed by atoms with Crippen LogP contribution in [-0.2, 0) is 9.59 Å². The molecular formula is C18H18N2O2. The predicted octanol–water partition coefficient (Wildman–Crippen LogP) is 2.36. The maximum absolute atomic E-state index is 11.6. The average Bonchev–Trinajstić information content (AvgIpc) is 2.56. The summed E-state index contributed by atoms with van der Waals surface area (Å²) in [6, 6.07) is 18.5. The molecule has 1 unspecified atom stereocenters. The molecule has 4 nitrogen and oxygen atoms in total. The van der Waals surface area contributed by atoms with Crippen molar-refractivity contribution < 1.29 is 9.59 Å². The van der Waals surface area contributed by atoms with Crippen molar-refractivity contribution in [1.29, 1.82) is 0 Å². The van der Waals surface area contributed by atoms with Crippen LogP contribution in [0.3, 0.4) is 0 Å². The van der Waals surface area contributed by atoms with Gasteiger partial charge in [0.1, 0.15) is 12.3 Å². The van der Waals surface area contributed by atoms with Crippen LogP contribution in [-0.4, -0.2) is 23.9 Å². The SMILES string of the molecule is NC(=O)C(CCC=O)N=C(c1ccccc1)c1ccccc1. The number of nitrogens with two attached hydrogens (primary N) is 1. The van der Waals surface area contributed by atoms with Crippen molar-refractivity contribution in [2.45, 2.75) is 18.9 Å². The maximum atomic E-state index is 11.6. The number of aldehydes is 1. The standard InChI is InChI=1S/C18H18N2O2/c19-18(22)16(12-7-13-21)20-17(14-8-3-1-4-9-14)15-10-5-2-6-11-15/h1-6,8-11,13,16H,7,12H2,(H2,19,22). The Morgan fingerprint density at radius 1 is 1.00 bits per heavy atom. The zero-order valence-corrected chi connectivity index (χ0v) is 12.2. The number of carbonyl (C=O) groups is 2. The van der Waals surface area contributed by atoms with E-state index >= 15 is 0 Å². The van der Waals surface area contributed by atoms with Crippen molar-refractivity contribution >= 4 is 17.9 Å². The molecule has 0 spiro atoms. The van der Waals surface area contributed by atoms with Crippen LogP contribution in [0.1, 0.15) is 24.0 Å². The van der Waals surface area contributed by atoms with Crippen molar-refractivity contribution in [2.24, 2.45) is 10.7 Å². The molecule has 1 atom stereocenters. The van der Waals surface area contributed by atoms with Crippen molar-refractivity contribution in [3.63, 3.8) is 0 Å². The number of amides is 1. The van der Waals surface area contributed by atoms with Crippen LogP contribution in [0.25, 0.3) is 0 Å². The van der Waals surface area contributed by atoms with Gasteiger partial charge in [0, 0.05) is 17.5 Å². The van der Waals surface area contributed by atoms with Crippen LogP contribution in [0, 0.1) is 0 Å². The fraction of sp³-hybridized carbons (Fsp3) is 0.167. The summed E-state index contributed by atoms with van der Waals surface area (Å²) in [6.07, 6.45) is 1.35. The van der Waals surface area contributed by atoms with Gasteiger partial charge in [-0.3, -0.25) is 9.79 Å². The highest BCUT2D eigenvalue weighted by Crippen LogP contribution is 2.13. The Morgan fingerprint density at radius 2 is 1.50 bits per heavy atom. The van der Waals surface area contributed by atoms with Crippen molar-refractivity contribution in [3.8, 4) is 0 Å². The predicted molar refractivity (Wildman–Crippen MR) is 86.8 cm³/mol. The summed E-state index contributed by atoms with van der Waals surface area (Å²) in [5.74, 6) is -0.522. The van der Waals surface area contributed by atoms with E-state index in [9.17, 15) is 9.59 Å². The summed E-state index contributed by atoms with van der Waals surface area (Å²) < 4.78 is 0. The summed E-state index contributed by atoms with van der Waals surface area (Å²) >= 11 is 0. The topological polar surface area (TPSA) is 72.5 Å². The molecule has 0 aromatic heterocycles. The Labute approximate surface area is 129 Å². The highest BCUT2D eigenvalue weighted by molar-refractivity contribution is 6.13. The Morgan fingerprint density at radius 3 is 1.91 bits per heavy atom. The van der Waals surface area contributed by atoms with Gasteiger partial charge in [-0.15, -0.1) is 0 Å². The maximum Gasteiger partial charge on any atom is 0.242 e. The van der Waals surface area contributed by atoms with E-state index in [0.717, 1.165) is 17.4 Å². The molecule has 22 heavy (non-hydrogen) atoms. The second-order valence-electron chi connectivity index (χ2n) is 4.87. The third-order valence-corrected chi connectivity index (χ3v) is 3.27. The van der Waals surface area contributed by atoms with Crippen molar-refractivity contribution in [3.05, 3.63) is 71.8 Å². The smallest absolute Gasteiger partial charge is 0.242 e. The second-order valence-corrected chi connectivity index (χ2v) is 4.87. The lowest BCUT2D eigenvalue weighted by atomic mass is 10.0. The fourth-order valence-electron chi connectivity index (χ4n) is 2.16. The van der Waals surface area contributed by atoms with E-state index in [1.54, 1.807) is 0 Å². The molecule has 2 aromatic rings. The molecule has 2 N–H and O–H groups in total. The molecule has 112 valence electrons. The van der Waals surface area contributed by atoms with Crippen LogP contribution >= 0.6 is 0 Å². The lowest BCUT2D eigenvalue weighted by Gasteiger charge is -2.12. The molecule has 0 fully saturated rings. The molecule has 1 amide bonds. The number of aliphatic imine (C=N–C) groups is 1. The molecule has 0 aliphatic heterocycles. The first-order chi connectivity index (χ1) is 10.7. The Bertz CT molecular complexity index is 610. The van der Waals surface area contributed by atoms with E-state index in [-0.39, 0.29) is 6.42 Å². The summed E-state index contributed by atoms with van der Waals surface area (Å²) in [6.45, 7) is 0.